The third-order valence-corrected chi connectivity index (χ3v) is 0. The van der Waals surface area contributed by atoms with Crippen molar-refractivity contribution in [3.05, 3.63) is 0 Å². The van der Waals surface area contributed by atoms with Crippen LogP contribution in [0.5, 0.6) is 0 Å². The molecule has 0 aliphatic heterocycles. The maximum atomic E-state index is 3.44. The van der Waals surface area contributed by atoms with Crippen LogP contribution in [-0.2, 0) is 17.2 Å². The molecule has 0 heterocycles. The van der Waals surface area contributed by atoms with Crippen molar-refractivity contribution in [2.24, 2.45) is 3.79 Å². The molecule has 0 aromatic heterocycles. The van der Waals surface area contributed by atoms with E-state index in [0.29, 0.717) is 0 Å². The van der Waals surface area contributed by atoms with Gasteiger partial charge in [0.15, 0.2) is 0 Å². The molecule has 1 nitrogen and oxygen atoms in total. The van der Waals surface area contributed by atoms with E-state index >= 15 is 0 Å². The minimum Gasteiger partial charge on any atom is -0.147 e. The number of hydrogen-bond acceptors (Lipinski definition) is 1. The first-order valence-electron chi connectivity index (χ1n) is 0.647. The van der Waals surface area contributed by atoms with Crippen LogP contribution in [0.15, 0.2) is 3.79 Å². The third kappa shape index (κ3) is 60.4. The zero-order valence-corrected chi connectivity index (χ0v) is 6.97. The van der Waals surface area contributed by atoms with E-state index in [1.54, 1.807) is 7.05 Å². The van der Waals surface area contributed by atoms with Gasteiger partial charge in [-0.15, -0.1) is 37.2 Å². The molecule has 5 heteroatoms. The maximum absolute atomic E-state index is 3.44. The van der Waals surface area contributed by atoms with Crippen LogP contribution < -0.4 is 0 Å². The van der Waals surface area contributed by atoms with Crippen LogP contribution >= 0.6 is 37.2 Å². The summed E-state index contributed by atoms with van der Waals surface area (Å²) in [6.45, 7) is 0. The van der Waals surface area contributed by atoms with Crippen LogP contribution in [0.1, 0.15) is 0 Å². The molecule has 0 atom stereocenters. The maximum Gasteiger partial charge on any atom is -0.147 e. The Kier molecular flexibility index (Phi) is 152. The molecule has 0 aromatic carbocycles. The Hall–Kier alpha value is 1.25. The number of rotatable bonds is 0. The van der Waals surface area contributed by atoms with E-state index < -0.39 is 0 Å². The van der Waals surface area contributed by atoms with Crippen LogP contribution in [0.25, 0.3) is 0 Å². The van der Waals surface area contributed by atoms with Gasteiger partial charge >= 0.3 is 28.1 Å². The van der Waals surface area contributed by atoms with Crippen molar-refractivity contribution < 1.29 is 17.2 Å². The molecule has 0 rings (SSSR count). The number of hydrogen-bond donors (Lipinski definition) is 0. The van der Waals surface area contributed by atoms with E-state index in [-0.39, 0.29) is 37.2 Å². The van der Waals surface area contributed by atoms with E-state index in [0.717, 1.165) is 0 Å². The fraction of sp³-hybridized carbons (Fsp3) is 1.00. The van der Waals surface area contributed by atoms with Gasteiger partial charge < -0.3 is 0 Å². The van der Waals surface area contributed by atoms with Crippen molar-refractivity contribution in [2.75, 3.05) is 7.05 Å². The fourth-order valence-electron chi connectivity index (χ4n) is 0. The Labute approximate surface area is 65.3 Å². The molecule has 0 saturated heterocycles. The first-order chi connectivity index (χ1) is 1.41. The van der Waals surface area contributed by atoms with Gasteiger partial charge in [0.25, 0.3) is 0 Å². The molecular formula is CH6Cl3NV. The molecule has 0 amide bonds. The summed E-state index contributed by atoms with van der Waals surface area (Å²) in [5.74, 6) is 0. The summed E-state index contributed by atoms with van der Waals surface area (Å²) >= 11 is 2.09. The molecule has 0 unspecified atom stereocenters. The summed E-state index contributed by atoms with van der Waals surface area (Å²) in [4.78, 5) is 0. The van der Waals surface area contributed by atoms with Crippen LogP contribution in [0.4, 0.5) is 0 Å². The zero-order valence-electron chi connectivity index (χ0n) is 3.12. The minimum atomic E-state index is 0. The fourth-order valence-corrected chi connectivity index (χ4v) is 0. The molecular weight excluding hydrogens is 183 g/mol. The van der Waals surface area contributed by atoms with Gasteiger partial charge in [-0.05, 0) is 0 Å². The second-order valence-corrected chi connectivity index (χ2v) is 0.825. The summed E-state index contributed by atoms with van der Waals surface area (Å²) in [5.41, 5.74) is 0. The van der Waals surface area contributed by atoms with E-state index in [4.69, 9.17) is 0 Å². The van der Waals surface area contributed by atoms with Crippen molar-refractivity contribution in [3.63, 3.8) is 0 Å². The van der Waals surface area contributed by atoms with E-state index in [1.165, 1.54) is 0 Å². The summed E-state index contributed by atoms with van der Waals surface area (Å²) < 4.78 is 3.44. The summed E-state index contributed by atoms with van der Waals surface area (Å²) in [7, 11) is 1.72. The zero-order chi connectivity index (χ0) is 2.71. The van der Waals surface area contributed by atoms with Gasteiger partial charge in [0.1, 0.15) is 0 Å². The molecule has 0 saturated carbocycles. The Balaban J connectivity index is -0.00000000667. The van der Waals surface area contributed by atoms with Gasteiger partial charge in [-0.25, -0.2) is 0 Å². The van der Waals surface area contributed by atoms with E-state index in [2.05, 4.69) is 21.0 Å². The quantitative estimate of drug-likeness (QED) is 0.549. The van der Waals surface area contributed by atoms with Gasteiger partial charge in [0, 0.05) is 0 Å². The topological polar surface area (TPSA) is 12.4 Å². The van der Waals surface area contributed by atoms with Crippen LogP contribution in [0.2, 0.25) is 0 Å². The smallest absolute Gasteiger partial charge is 0.147 e. The standard InChI is InChI=1S/CH3N.3ClH.V/c1-2;;;;/h1H3;3*1H;. The average Bonchev–Trinajstić information content (AvgIpc) is 0.918. The Morgan fingerprint density at radius 1 is 1.17 bits per heavy atom. The molecule has 6 heavy (non-hydrogen) atoms. The molecule has 0 radical (unpaired) electrons. The third-order valence-electron chi connectivity index (χ3n) is 0. The Morgan fingerprint density at radius 3 is 1.17 bits per heavy atom. The first-order valence-corrected chi connectivity index (χ1v) is 1.27. The molecule has 0 fully saturated rings. The van der Waals surface area contributed by atoms with Gasteiger partial charge in [-0.1, -0.05) is 0 Å². The van der Waals surface area contributed by atoms with Gasteiger partial charge in [0.05, 0.1) is 0 Å². The Morgan fingerprint density at radius 2 is 1.17 bits per heavy atom. The van der Waals surface area contributed by atoms with Crippen molar-refractivity contribution in [2.45, 2.75) is 0 Å². The van der Waals surface area contributed by atoms with Gasteiger partial charge in [-0.2, -0.15) is 0 Å². The molecule has 41 valence electrons. The van der Waals surface area contributed by atoms with Crippen molar-refractivity contribution in [1.29, 1.82) is 0 Å². The minimum absolute atomic E-state index is 0. The normalized spacial score (nSPS) is 2.00. The molecule has 0 spiro atoms. The molecule has 0 aromatic rings. The average molecular weight is 189 g/mol. The predicted molar refractivity (Wildman–Crippen MR) is 30.1 cm³/mol. The van der Waals surface area contributed by atoms with Crippen molar-refractivity contribution >= 4 is 37.2 Å². The summed E-state index contributed by atoms with van der Waals surface area (Å²) in [6, 6.07) is 0. The molecule has 0 aliphatic rings. The van der Waals surface area contributed by atoms with Gasteiger partial charge in [0.2, 0.25) is 0 Å². The van der Waals surface area contributed by atoms with Crippen molar-refractivity contribution in [1.82, 2.24) is 0 Å². The van der Waals surface area contributed by atoms with Crippen LogP contribution in [0, 0.1) is 0 Å². The predicted octanol–water partition coefficient (Wildman–Crippen LogP) is 1.61. The summed E-state index contributed by atoms with van der Waals surface area (Å²) in [5, 5.41) is 0. The Bertz CT molecular complexity index is 18.3. The van der Waals surface area contributed by atoms with E-state index in [9.17, 15) is 0 Å². The summed E-state index contributed by atoms with van der Waals surface area (Å²) in [6.07, 6.45) is 0. The largest absolute Gasteiger partial charge is 0.147 e. The first kappa shape index (κ1) is 26.8. The molecule has 0 aliphatic carbocycles. The van der Waals surface area contributed by atoms with Crippen molar-refractivity contribution in [3.8, 4) is 0 Å². The van der Waals surface area contributed by atoms with Gasteiger partial charge in [-0.3, -0.25) is 0 Å². The van der Waals surface area contributed by atoms with Crippen LogP contribution in [-0.4, -0.2) is 7.05 Å². The monoisotopic (exact) mass is 188 g/mol. The van der Waals surface area contributed by atoms with Crippen LogP contribution in [0.3, 0.4) is 0 Å². The SMILES string of the molecule is C[N]=[V].Cl.Cl.Cl. The number of nitrogens with zero attached hydrogens (tertiary/aromatic N) is 1. The number of halogens is 3. The molecule has 0 bridgehead atoms. The van der Waals surface area contributed by atoms with E-state index in [1.807, 2.05) is 0 Å². The second-order valence-electron chi connectivity index (χ2n) is 0.200. The second kappa shape index (κ2) is 34.0. The molecule has 0 N–H and O–H groups in total.